The monoisotopic (exact) mass is 206 g/mol. The van der Waals surface area contributed by atoms with Crippen molar-refractivity contribution in [1.29, 1.82) is 0 Å². The summed E-state index contributed by atoms with van der Waals surface area (Å²) in [6, 6.07) is 1.53. The molecule has 80 valence electrons. The zero-order valence-electron chi connectivity index (χ0n) is 8.69. The van der Waals surface area contributed by atoms with Gasteiger partial charge in [0, 0.05) is 17.7 Å². The summed E-state index contributed by atoms with van der Waals surface area (Å²) < 4.78 is 5.76. The molecular formula is C11H14N2O2. The SMILES string of the molecule is Cc1cc(=O)[nH]c(C2CC3CCC2O3)n1. The van der Waals surface area contributed by atoms with E-state index in [4.69, 9.17) is 4.74 Å². The first-order valence-corrected chi connectivity index (χ1v) is 5.46. The van der Waals surface area contributed by atoms with Crippen molar-refractivity contribution >= 4 is 0 Å². The van der Waals surface area contributed by atoms with Gasteiger partial charge >= 0.3 is 0 Å². The Morgan fingerprint density at radius 3 is 3.00 bits per heavy atom. The molecule has 0 saturated carbocycles. The lowest BCUT2D eigenvalue weighted by Gasteiger charge is -2.17. The zero-order valence-corrected chi connectivity index (χ0v) is 8.69. The molecule has 2 aliphatic heterocycles. The molecule has 1 N–H and O–H groups in total. The Morgan fingerprint density at radius 2 is 2.40 bits per heavy atom. The van der Waals surface area contributed by atoms with E-state index in [0.717, 1.165) is 30.8 Å². The molecule has 4 nitrogen and oxygen atoms in total. The molecule has 15 heavy (non-hydrogen) atoms. The first kappa shape index (κ1) is 9.09. The lowest BCUT2D eigenvalue weighted by molar-refractivity contribution is 0.0998. The third-order valence-electron chi connectivity index (χ3n) is 3.35. The third-order valence-corrected chi connectivity index (χ3v) is 3.35. The Labute approximate surface area is 87.7 Å². The fourth-order valence-electron chi connectivity index (χ4n) is 2.70. The molecule has 0 aromatic carbocycles. The molecule has 0 radical (unpaired) electrons. The molecule has 2 bridgehead atoms. The van der Waals surface area contributed by atoms with E-state index >= 15 is 0 Å². The minimum absolute atomic E-state index is 0.0553. The molecule has 2 aliphatic rings. The van der Waals surface area contributed by atoms with Gasteiger partial charge < -0.3 is 9.72 Å². The van der Waals surface area contributed by atoms with E-state index in [1.165, 1.54) is 6.07 Å². The maximum atomic E-state index is 11.3. The normalized spacial score (nSPS) is 33.5. The minimum Gasteiger partial charge on any atom is -0.374 e. The van der Waals surface area contributed by atoms with Crippen molar-refractivity contribution in [2.75, 3.05) is 0 Å². The number of ether oxygens (including phenoxy) is 1. The third kappa shape index (κ3) is 1.49. The number of nitrogens with zero attached hydrogens (tertiary/aromatic N) is 1. The number of nitrogens with one attached hydrogen (secondary N) is 1. The number of rotatable bonds is 1. The molecule has 0 aliphatic carbocycles. The highest BCUT2D eigenvalue weighted by Crippen LogP contribution is 2.43. The molecular weight excluding hydrogens is 192 g/mol. The van der Waals surface area contributed by atoms with Crippen LogP contribution in [0.2, 0.25) is 0 Å². The first-order valence-electron chi connectivity index (χ1n) is 5.46. The highest BCUT2D eigenvalue weighted by Gasteiger charge is 2.42. The first-order chi connectivity index (χ1) is 7.22. The Kier molecular flexibility index (Phi) is 1.92. The summed E-state index contributed by atoms with van der Waals surface area (Å²) in [6.45, 7) is 1.85. The lowest BCUT2D eigenvalue weighted by atomic mass is 9.88. The van der Waals surface area contributed by atoms with Gasteiger partial charge in [0.2, 0.25) is 0 Å². The van der Waals surface area contributed by atoms with Crippen LogP contribution in [0.25, 0.3) is 0 Å². The number of aryl methyl sites for hydroxylation is 1. The van der Waals surface area contributed by atoms with Gasteiger partial charge in [0.15, 0.2) is 0 Å². The van der Waals surface area contributed by atoms with Crippen LogP contribution >= 0.6 is 0 Å². The predicted molar refractivity (Wildman–Crippen MR) is 54.8 cm³/mol. The number of aromatic amines is 1. The summed E-state index contributed by atoms with van der Waals surface area (Å²) in [5, 5.41) is 0. The van der Waals surface area contributed by atoms with E-state index < -0.39 is 0 Å². The van der Waals surface area contributed by atoms with Gasteiger partial charge in [-0.05, 0) is 26.2 Å². The summed E-state index contributed by atoms with van der Waals surface area (Å²) in [7, 11) is 0. The molecule has 3 unspecified atom stereocenters. The van der Waals surface area contributed by atoms with Gasteiger partial charge in [-0.15, -0.1) is 0 Å². The smallest absolute Gasteiger partial charge is 0.251 e. The van der Waals surface area contributed by atoms with Crippen molar-refractivity contribution in [3.05, 3.63) is 27.9 Å². The molecule has 4 heteroatoms. The van der Waals surface area contributed by atoms with Gasteiger partial charge in [0.25, 0.3) is 5.56 Å². The van der Waals surface area contributed by atoms with Crippen LogP contribution in [-0.2, 0) is 4.74 Å². The second kappa shape index (κ2) is 3.17. The average Bonchev–Trinajstić information content (AvgIpc) is 2.76. The van der Waals surface area contributed by atoms with Gasteiger partial charge in [-0.1, -0.05) is 0 Å². The van der Waals surface area contributed by atoms with E-state index in [-0.39, 0.29) is 11.7 Å². The Morgan fingerprint density at radius 1 is 1.53 bits per heavy atom. The average molecular weight is 206 g/mol. The highest BCUT2D eigenvalue weighted by molar-refractivity contribution is 5.10. The van der Waals surface area contributed by atoms with Crippen molar-refractivity contribution < 1.29 is 4.74 Å². The van der Waals surface area contributed by atoms with Crippen molar-refractivity contribution in [1.82, 2.24) is 9.97 Å². The molecule has 0 amide bonds. The number of hydrogen-bond acceptors (Lipinski definition) is 3. The minimum atomic E-state index is -0.0553. The van der Waals surface area contributed by atoms with Gasteiger partial charge in [-0.3, -0.25) is 4.79 Å². The zero-order chi connectivity index (χ0) is 10.4. The molecule has 3 atom stereocenters. The Bertz CT molecular complexity index is 440. The van der Waals surface area contributed by atoms with E-state index in [1.54, 1.807) is 0 Å². The van der Waals surface area contributed by atoms with Crippen LogP contribution in [0.1, 0.15) is 36.7 Å². The van der Waals surface area contributed by atoms with E-state index in [9.17, 15) is 4.79 Å². The molecule has 2 saturated heterocycles. The van der Waals surface area contributed by atoms with Gasteiger partial charge in [0.05, 0.1) is 12.2 Å². The lowest BCUT2D eigenvalue weighted by Crippen LogP contribution is -2.21. The van der Waals surface area contributed by atoms with Crippen molar-refractivity contribution in [3.8, 4) is 0 Å². The van der Waals surface area contributed by atoms with Gasteiger partial charge in [-0.25, -0.2) is 4.98 Å². The number of fused-ring (bicyclic) bond motifs is 2. The topological polar surface area (TPSA) is 55.0 Å². The second-order valence-electron chi connectivity index (χ2n) is 4.49. The quantitative estimate of drug-likeness (QED) is 0.749. The van der Waals surface area contributed by atoms with Crippen LogP contribution in [0.5, 0.6) is 0 Å². The Balaban J connectivity index is 1.96. The highest BCUT2D eigenvalue weighted by atomic mass is 16.5. The summed E-state index contributed by atoms with van der Waals surface area (Å²) >= 11 is 0. The van der Waals surface area contributed by atoms with Crippen molar-refractivity contribution in [2.24, 2.45) is 0 Å². The van der Waals surface area contributed by atoms with Crippen molar-refractivity contribution in [3.63, 3.8) is 0 Å². The Hall–Kier alpha value is -1.16. The molecule has 2 fully saturated rings. The molecule has 3 heterocycles. The fourth-order valence-corrected chi connectivity index (χ4v) is 2.70. The van der Waals surface area contributed by atoms with Crippen LogP contribution in [0.15, 0.2) is 10.9 Å². The van der Waals surface area contributed by atoms with Gasteiger partial charge in [-0.2, -0.15) is 0 Å². The van der Waals surface area contributed by atoms with Crippen LogP contribution in [0.4, 0.5) is 0 Å². The van der Waals surface area contributed by atoms with Crippen LogP contribution in [0, 0.1) is 6.92 Å². The van der Waals surface area contributed by atoms with Crippen molar-refractivity contribution in [2.45, 2.75) is 44.3 Å². The molecule has 0 spiro atoms. The van der Waals surface area contributed by atoms with Crippen LogP contribution in [0.3, 0.4) is 0 Å². The fraction of sp³-hybridized carbons (Fsp3) is 0.636. The number of hydrogen-bond donors (Lipinski definition) is 1. The number of H-pyrrole nitrogens is 1. The predicted octanol–water partition coefficient (Wildman–Crippen LogP) is 1.11. The number of aromatic nitrogens is 2. The van der Waals surface area contributed by atoms with E-state index in [2.05, 4.69) is 9.97 Å². The molecule has 1 aromatic heterocycles. The summed E-state index contributed by atoms with van der Waals surface area (Å²) in [6.07, 6.45) is 3.95. The molecule has 3 rings (SSSR count). The van der Waals surface area contributed by atoms with Crippen LogP contribution in [-0.4, -0.2) is 22.2 Å². The summed E-state index contributed by atoms with van der Waals surface area (Å²) in [5.74, 6) is 1.11. The largest absolute Gasteiger partial charge is 0.374 e. The second-order valence-corrected chi connectivity index (χ2v) is 4.49. The standard InChI is InChI=1S/C11H14N2O2/c1-6-4-10(14)13-11(12-6)8-5-7-2-3-9(8)15-7/h4,7-9H,2-3,5H2,1H3,(H,12,13,14). The van der Waals surface area contributed by atoms with E-state index in [1.807, 2.05) is 6.92 Å². The summed E-state index contributed by atoms with van der Waals surface area (Å²) in [5.41, 5.74) is 0.733. The molecule has 1 aromatic rings. The van der Waals surface area contributed by atoms with E-state index in [0.29, 0.717) is 12.0 Å². The van der Waals surface area contributed by atoms with Gasteiger partial charge in [0.1, 0.15) is 5.82 Å². The summed E-state index contributed by atoms with van der Waals surface area (Å²) in [4.78, 5) is 18.6. The maximum absolute atomic E-state index is 11.3. The van der Waals surface area contributed by atoms with Crippen LogP contribution < -0.4 is 5.56 Å². The maximum Gasteiger partial charge on any atom is 0.251 e.